The van der Waals surface area contributed by atoms with E-state index >= 15 is 0 Å². The fourth-order valence-electron chi connectivity index (χ4n) is 3.34. The largest absolute Gasteiger partial charge is 0.481 e. The number of rotatable bonds is 5. The molecule has 1 saturated heterocycles. The highest BCUT2D eigenvalue weighted by Gasteiger charge is 2.26. The van der Waals surface area contributed by atoms with E-state index in [-0.39, 0.29) is 0 Å². The van der Waals surface area contributed by atoms with Gasteiger partial charge in [-0.05, 0) is 18.9 Å². The number of anilines is 1. The highest BCUT2D eigenvalue weighted by Crippen LogP contribution is 2.28. The molecule has 0 amide bonds. The highest BCUT2D eigenvalue weighted by atomic mass is 16.5. The third kappa shape index (κ3) is 3.24. The molecule has 0 spiro atoms. The van der Waals surface area contributed by atoms with Crippen LogP contribution < -0.4 is 9.64 Å². The van der Waals surface area contributed by atoms with Crippen LogP contribution in [0, 0.1) is 0 Å². The van der Waals surface area contributed by atoms with E-state index in [2.05, 4.69) is 34.7 Å². The molecule has 0 saturated carbocycles. The van der Waals surface area contributed by atoms with Gasteiger partial charge in [0.2, 0.25) is 11.8 Å². The van der Waals surface area contributed by atoms with E-state index in [9.17, 15) is 0 Å². The van der Waals surface area contributed by atoms with Crippen molar-refractivity contribution in [3.05, 3.63) is 42.4 Å². The Kier molecular flexibility index (Phi) is 4.51. The van der Waals surface area contributed by atoms with Crippen molar-refractivity contribution in [2.75, 3.05) is 25.1 Å². The fourth-order valence-corrected chi connectivity index (χ4v) is 3.34. The summed E-state index contributed by atoms with van der Waals surface area (Å²) in [4.78, 5) is 11.0. The Morgan fingerprint density at radius 1 is 1.19 bits per heavy atom. The molecule has 3 aromatic rings. The lowest BCUT2D eigenvalue weighted by molar-refractivity contribution is 0.395. The van der Waals surface area contributed by atoms with Gasteiger partial charge >= 0.3 is 0 Å². The molecule has 136 valence electrons. The van der Waals surface area contributed by atoms with Gasteiger partial charge in [-0.3, -0.25) is 4.68 Å². The summed E-state index contributed by atoms with van der Waals surface area (Å²) in [7, 11) is 3.65. The van der Waals surface area contributed by atoms with Gasteiger partial charge < -0.3 is 14.2 Å². The van der Waals surface area contributed by atoms with Crippen molar-refractivity contribution >= 4 is 5.95 Å². The quantitative estimate of drug-likeness (QED) is 0.681. The summed E-state index contributed by atoms with van der Waals surface area (Å²) in [6.07, 6.45) is 7.43. The lowest BCUT2D eigenvalue weighted by Crippen LogP contribution is -2.34. The van der Waals surface area contributed by atoms with Crippen LogP contribution in [0.25, 0.3) is 0 Å². The monoisotopic (exact) mass is 354 g/mol. The maximum Gasteiger partial charge on any atom is 0.228 e. The van der Waals surface area contributed by atoms with E-state index in [1.165, 1.54) is 0 Å². The van der Waals surface area contributed by atoms with Crippen molar-refractivity contribution in [1.29, 1.82) is 0 Å². The van der Waals surface area contributed by atoms with Crippen LogP contribution in [-0.2, 0) is 13.6 Å². The van der Waals surface area contributed by atoms with Crippen LogP contribution in [0.4, 0.5) is 5.95 Å². The van der Waals surface area contributed by atoms with Crippen molar-refractivity contribution in [1.82, 2.24) is 34.5 Å². The van der Waals surface area contributed by atoms with Crippen LogP contribution in [0.2, 0.25) is 0 Å². The van der Waals surface area contributed by atoms with Gasteiger partial charge in [0.15, 0.2) is 5.82 Å². The number of hydrogen-bond acceptors (Lipinski definition) is 7. The van der Waals surface area contributed by atoms with Gasteiger partial charge in [0.05, 0.1) is 7.11 Å². The van der Waals surface area contributed by atoms with Crippen LogP contribution in [0.5, 0.6) is 5.88 Å². The van der Waals surface area contributed by atoms with Gasteiger partial charge in [-0.15, -0.1) is 10.2 Å². The van der Waals surface area contributed by atoms with Crippen molar-refractivity contribution in [2.45, 2.75) is 25.3 Å². The Labute approximate surface area is 151 Å². The van der Waals surface area contributed by atoms with Gasteiger partial charge in [0.25, 0.3) is 0 Å². The molecule has 0 aromatic carbocycles. The van der Waals surface area contributed by atoms with Gasteiger partial charge in [-0.25, -0.2) is 4.98 Å². The average molecular weight is 354 g/mol. The summed E-state index contributed by atoms with van der Waals surface area (Å²) in [5.41, 5.74) is 0. The van der Waals surface area contributed by atoms with E-state index in [1.807, 2.05) is 24.0 Å². The molecular formula is C17H22N8O. The first-order valence-electron chi connectivity index (χ1n) is 8.72. The minimum atomic E-state index is 0.390. The van der Waals surface area contributed by atoms with Gasteiger partial charge in [0.1, 0.15) is 12.4 Å². The zero-order chi connectivity index (χ0) is 17.9. The van der Waals surface area contributed by atoms with Crippen molar-refractivity contribution in [2.24, 2.45) is 7.05 Å². The van der Waals surface area contributed by atoms with Crippen molar-refractivity contribution in [3.8, 4) is 5.88 Å². The summed E-state index contributed by atoms with van der Waals surface area (Å²) in [5, 5.41) is 13.0. The summed E-state index contributed by atoms with van der Waals surface area (Å²) in [5.74, 6) is 3.66. The predicted octanol–water partition coefficient (Wildman–Crippen LogP) is 1.24. The lowest BCUT2D eigenvalue weighted by Gasteiger charge is -2.31. The van der Waals surface area contributed by atoms with Crippen LogP contribution in [0.3, 0.4) is 0 Å². The Morgan fingerprint density at radius 2 is 2.04 bits per heavy atom. The van der Waals surface area contributed by atoms with Crippen LogP contribution in [-0.4, -0.2) is 54.7 Å². The predicted molar refractivity (Wildman–Crippen MR) is 95.1 cm³/mol. The van der Waals surface area contributed by atoms with Crippen LogP contribution in [0.1, 0.15) is 30.4 Å². The molecule has 3 aromatic heterocycles. The minimum absolute atomic E-state index is 0.390. The number of aromatic nitrogens is 7. The van der Waals surface area contributed by atoms with E-state index in [0.29, 0.717) is 18.3 Å². The molecule has 0 bridgehead atoms. The summed E-state index contributed by atoms with van der Waals surface area (Å²) < 4.78 is 9.15. The first-order chi connectivity index (χ1) is 12.7. The first kappa shape index (κ1) is 16.5. The Balaban J connectivity index is 1.42. The Morgan fingerprint density at radius 3 is 2.77 bits per heavy atom. The molecule has 4 heterocycles. The number of nitrogens with zero attached hydrogens (tertiary/aromatic N) is 8. The normalized spacial score (nSPS) is 15.4. The molecule has 26 heavy (non-hydrogen) atoms. The maximum atomic E-state index is 5.19. The molecular weight excluding hydrogens is 332 g/mol. The third-order valence-corrected chi connectivity index (χ3v) is 4.83. The van der Waals surface area contributed by atoms with E-state index in [1.54, 1.807) is 25.6 Å². The van der Waals surface area contributed by atoms with Gasteiger partial charge in [0, 0.05) is 50.7 Å². The Hall–Kier alpha value is -2.97. The molecule has 0 atom stereocenters. The molecule has 1 aliphatic heterocycles. The molecule has 9 nitrogen and oxygen atoms in total. The van der Waals surface area contributed by atoms with Crippen LogP contribution >= 0.6 is 0 Å². The van der Waals surface area contributed by atoms with Gasteiger partial charge in [-0.1, -0.05) is 0 Å². The van der Waals surface area contributed by atoms with Crippen molar-refractivity contribution < 1.29 is 4.74 Å². The number of methoxy groups -OCH3 is 1. The second-order valence-corrected chi connectivity index (χ2v) is 6.40. The molecule has 4 rings (SSSR count). The Bertz CT molecular complexity index is 852. The first-order valence-corrected chi connectivity index (χ1v) is 8.72. The van der Waals surface area contributed by atoms with Gasteiger partial charge in [-0.2, -0.15) is 10.1 Å². The summed E-state index contributed by atoms with van der Waals surface area (Å²) in [6.45, 7) is 2.41. The molecule has 0 N–H and O–H groups in total. The standard InChI is InChI=1S/C17H22N8O/c1-23-14(12-25-9-3-7-19-25)21-22-16(23)13-5-10-24(11-6-13)17-18-8-4-15(20-17)26-2/h3-4,7-9,13H,5-6,10-12H2,1-2H3. The third-order valence-electron chi connectivity index (χ3n) is 4.83. The second kappa shape index (κ2) is 7.11. The topological polar surface area (TPSA) is 86.8 Å². The minimum Gasteiger partial charge on any atom is -0.481 e. The highest BCUT2D eigenvalue weighted by molar-refractivity contribution is 5.33. The molecule has 0 unspecified atom stereocenters. The summed E-state index contributed by atoms with van der Waals surface area (Å²) in [6, 6.07) is 3.67. The van der Waals surface area contributed by atoms with E-state index in [4.69, 9.17) is 4.74 Å². The number of hydrogen-bond donors (Lipinski definition) is 0. The second-order valence-electron chi connectivity index (χ2n) is 6.40. The zero-order valence-corrected chi connectivity index (χ0v) is 15.0. The number of ether oxygens (including phenoxy) is 1. The molecule has 1 fully saturated rings. The lowest BCUT2D eigenvalue weighted by atomic mass is 9.96. The average Bonchev–Trinajstić information content (AvgIpc) is 3.33. The van der Waals surface area contributed by atoms with Crippen molar-refractivity contribution in [3.63, 3.8) is 0 Å². The SMILES string of the molecule is COc1ccnc(N2CCC(c3nnc(Cn4cccn4)n3C)CC2)n1. The number of piperidine rings is 1. The zero-order valence-electron chi connectivity index (χ0n) is 15.0. The maximum absolute atomic E-state index is 5.19. The summed E-state index contributed by atoms with van der Waals surface area (Å²) >= 11 is 0. The van der Waals surface area contributed by atoms with E-state index in [0.717, 1.165) is 43.5 Å². The van der Waals surface area contributed by atoms with Crippen LogP contribution in [0.15, 0.2) is 30.7 Å². The molecule has 0 radical (unpaired) electrons. The molecule has 1 aliphatic rings. The molecule has 9 heteroatoms. The fraction of sp³-hybridized carbons (Fsp3) is 0.471. The smallest absolute Gasteiger partial charge is 0.228 e. The molecule has 0 aliphatic carbocycles. The van der Waals surface area contributed by atoms with E-state index < -0.39 is 0 Å².